The molecule has 1 saturated heterocycles. The fourth-order valence-corrected chi connectivity index (χ4v) is 4.85. The zero-order valence-electron chi connectivity index (χ0n) is 18.9. The van der Waals surface area contributed by atoms with Crippen molar-refractivity contribution in [3.05, 3.63) is 82.7 Å². The van der Waals surface area contributed by atoms with Gasteiger partial charge >= 0.3 is 0 Å². The lowest BCUT2D eigenvalue weighted by molar-refractivity contribution is -0.0351. The molecule has 0 unspecified atom stereocenters. The van der Waals surface area contributed by atoms with E-state index in [9.17, 15) is 4.79 Å². The molecule has 1 fully saturated rings. The van der Waals surface area contributed by atoms with Crippen molar-refractivity contribution in [2.24, 2.45) is 5.73 Å². The zero-order chi connectivity index (χ0) is 22.8. The van der Waals surface area contributed by atoms with Gasteiger partial charge in [0.05, 0.1) is 19.4 Å². The summed E-state index contributed by atoms with van der Waals surface area (Å²) in [6.45, 7) is 3.18. The highest BCUT2D eigenvalue weighted by Crippen LogP contribution is 2.32. The molecule has 3 aromatic rings. The van der Waals surface area contributed by atoms with E-state index in [2.05, 4.69) is 22.0 Å². The summed E-state index contributed by atoms with van der Waals surface area (Å²) in [6, 6.07) is 15.9. The van der Waals surface area contributed by atoms with Gasteiger partial charge in [0.2, 0.25) is 5.91 Å². The van der Waals surface area contributed by atoms with Gasteiger partial charge in [-0.15, -0.1) is 0 Å². The first kappa shape index (κ1) is 21.6. The van der Waals surface area contributed by atoms with Gasteiger partial charge in [0.25, 0.3) is 0 Å². The Hall–Kier alpha value is -3.22. The van der Waals surface area contributed by atoms with Crippen LogP contribution in [0.3, 0.4) is 0 Å². The maximum absolute atomic E-state index is 11.5. The third-order valence-corrected chi connectivity index (χ3v) is 6.64. The standard InChI is InChI=1S/C27H29N3O3/c1-32-25-14-20-6-2-4-18(20)13-23(25)16-30-10-11-33-26(17-30)24-9-8-22(15-29-24)19-5-3-7-21(12-19)27(28)31/h3,5,7-9,12-15,26H,2,4,6,10-11,16-17H2,1H3,(H2,28,31)/t26-/m1/s1. The zero-order valence-corrected chi connectivity index (χ0v) is 18.9. The smallest absolute Gasteiger partial charge is 0.248 e. The Balaban J connectivity index is 1.29. The van der Waals surface area contributed by atoms with E-state index in [1.54, 1.807) is 19.2 Å². The summed E-state index contributed by atoms with van der Waals surface area (Å²) in [4.78, 5) is 18.6. The highest BCUT2D eigenvalue weighted by molar-refractivity contribution is 5.94. The van der Waals surface area contributed by atoms with Gasteiger partial charge in [-0.05, 0) is 60.2 Å². The molecule has 170 valence electrons. The van der Waals surface area contributed by atoms with Gasteiger partial charge in [-0.25, -0.2) is 0 Å². The predicted octanol–water partition coefficient (Wildman–Crippen LogP) is 3.92. The van der Waals surface area contributed by atoms with Crippen molar-refractivity contribution < 1.29 is 14.3 Å². The number of morpholine rings is 1. The summed E-state index contributed by atoms with van der Waals surface area (Å²) in [6.07, 6.45) is 5.30. The van der Waals surface area contributed by atoms with Crippen LogP contribution < -0.4 is 10.5 Å². The maximum Gasteiger partial charge on any atom is 0.248 e. The molecular weight excluding hydrogens is 414 g/mol. The van der Waals surface area contributed by atoms with Crippen molar-refractivity contribution in [2.45, 2.75) is 31.9 Å². The van der Waals surface area contributed by atoms with E-state index in [-0.39, 0.29) is 6.10 Å². The first-order valence-corrected chi connectivity index (χ1v) is 11.5. The van der Waals surface area contributed by atoms with Crippen LogP contribution in [-0.4, -0.2) is 42.6 Å². The SMILES string of the molecule is COc1cc2c(cc1CN1CCO[C@@H](c3ccc(-c4cccc(C(N)=O)c4)cn3)C1)CCC2. The van der Waals surface area contributed by atoms with Gasteiger partial charge in [0.15, 0.2) is 0 Å². The van der Waals surface area contributed by atoms with Crippen LogP contribution >= 0.6 is 0 Å². The number of aryl methyl sites for hydroxylation is 2. The molecule has 6 heteroatoms. The monoisotopic (exact) mass is 443 g/mol. The second-order valence-electron chi connectivity index (χ2n) is 8.80. The lowest BCUT2D eigenvalue weighted by Crippen LogP contribution is -2.38. The van der Waals surface area contributed by atoms with Gasteiger partial charge in [-0.3, -0.25) is 14.7 Å². The number of primary amides is 1. The number of fused-ring (bicyclic) bond motifs is 1. The summed E-state index contributed by atoms with van der Waals surface area (Å²) >= 11 is 0. The number of benzene rings is 2. The fraction of sp³-hybridized carbons (Fsp3) is 0.333. The normalized spacial score (nSPS) is 18.2. The topological polar surface area (TPSA) is 77.7 Å². The molecule has 1 atom stereocenters. The highest BCUT2D eigenvalue weighted by Gasteiger charge is 2.25. The summed E-state index contributed by atoms with van der Waals surface area (Å²) < 4.78 is 11.8. The minimum Gasteiger partial charge on any atom is -0.496 e. The van der Waals surface area contributed by atoms with Crippen LogP contribution in [0, 0.1) is 0 Å². The fourth-order valence-electron chi connectivity index (χ4n) is 4.85. The molecule has 33 heavy (non-hydrogen) atoms. The maximum atomic E-state index is 11.5. The number of rotatable bonds is 6. The molecule has 6 nitrogen and oxygen atoms in total. The van der Waals surface area contributed by atoms with Crippen LogP contribution in [0.2, 0.25) is 0 Å². The van der Waals surface area contributed by atoms with Crippen molar-refractivity contribution in [2.75, 3.05) is 26.8 Å². The Morgan fingerprint density at radius 1 is 1.15 bits per heavy atom. The molecule has 2 aliphatic rings. The first-order chi connectivity index (χ1) is 16.1. The molecule has 0 radical (unpaired) electrons. The van der Waals surface area contributed by atoms with Crippen LogP contribution in [0.4, 0.5) is 0 Å². The molecule has 1 aromatic heterocycles. The number of carbonyl (C=O) groups excluding carboxylic acids is 1. The van der Waals surface area contributed by atoms with Crippen LogP contribution in [-0.2, 0) is 24.1 Å². The lowest BCUT2D eigenvalue weighted by atomic mass is 10.0. The van der Waals surface area contributed by atoms with Crippen molar-refractivity contribution in [1.82, 2.24) is 9.88 Å². The molecular formula is C27H29N3O3. The van der Waals surface area contributed by atoms with Gasteiger partial charge in [-0.2, -0.15) is 0 Å². The minimum atomic E-state index is -0.433. The molecule has 0 spiro atoms. The van der Waals surface area contributed by atoms with Crippen molar-refractivity contribution in [1.29, 1.82) is 0 Å². The van der Waals surface area contributed by atoms with Gasteiger partial charge in [0.1, 0.15) is 11.9 Å². The molecule has 2 heterocycles. The van der Waals surface area contributed by atoms with Crippen LogP contribution in [0.15, 0.2) is 54.7 Å². The number of nitrogens with two attached hydrogens (primary N) is 1. The summed E-state index contributed by atoms with van der Waals surface area (Å²) in [5.41, 5.74) is 12.8. The number of hydrogen-bond donors (Lipinski definition) is 1. The number of amides is 1. The average Bonchev–Trinajstić information content (AvgIpc) is 3.31. The van der Waals surface area contributed by atoms with E-state index in [4.69, 9.17) is 15.2 Å². The summed E-state index contributed by atoms with van der Waals surface area (Å²) in [7, 11) is 1.76. The third-order valence-electron chi connectivity index (χ3n) is 6.64. The number of aromatic nitrogens is 1. The first-order valence-electron chi connectivity index (χ1n) is 11.5. The Morgan fingerprint density at radius 3 is 2.76 bits per heavy atom. The van der Waals surface area contributed by atoms with E-state index in [1.807, 2.05) is 30.5 Å². The number of ether oxygens (including phenoxy) is 2. The van der Waals surface area contributed by atoms with E-state index in [0.29, 0.717) is 12.2 Å². The second-order valence-corrected chi connectivity index (χ2v) is 8.80. The quantitative estimate of drug-likeness (QED) is 0.625. The number of hydrogen-bond acceptors (Lipinski definition) is 5. The third kappa shape index (κ3) is 4.63. The van der Waals surface area contributed by atoms with Gasteiger partial charge in [0, 0.05) is 42.5 Å². The largest absolute Gasteiger partial charge is 0.496 e. The minimum absolute atomic E-state index is 0.0785. The molecule has 2 N–H and O–H groups in total. The van der Waals surface area contributed by atoms with Crippen LogP contribution in [0.1, 0.15) is 45.3 Å². The summed E-state index contributed by atoms with van der Waals surface area (Å²) in [5, 5.41) is 0. The Bertz CT molecular complexity index is 1160. The molecule has 1 amide bonds. The summed E-state index contributed by atoms with van der Waals surface area (Å²) in [5.74, 6) is 0.552. The van der Waals surface area contributed by atoms with E-state index >= 15 is 0 Å². The van der Waals surface area contributed by atoms with E-state index in [1.165, 1.54) is 23.1 Å². The van der Waals surface area contributed by atoms with Crippen molar-refractivity contribution in [3.63, 3.8) is 0 Å². The average molecular weight is 444 g/mol. The van der Waals surface area contributed by atoms with Crippen molar-refractivity contribution >= 4 is 5.91 Å². The predicted molar refractivity (Wildman–Crippen MR) is 127 cm³/mol. The Morgan fingerprint density at radius 2 is 2.00 bits per heavy atom. The number of methoxy groups -OCH3 is 1. The van der Waals surface area contributed by atoms with Crippen molar-refractivity contribution in [3.8, 4) is 16.9 Å². The Labute approximate surface area is 194 Å². The molecule has 1 aliphatic carbocycles. The van der Waals surface area contributed by atoms with E-state index < -0.39 is 5.91 Å². The number of carbonyl (C=O) groups is 1. The lowest BCUT2D eigenvalue weighted by Gasteiger charge is -2.33. The highest BCUT2D eigenvalue weighted by atomic mass is 16.5. The van der Waals surface area contributed by atoms with Crippen LogP contribution in [0.5, 0.6) is 5.75 Å². The van der Waals surface area contributed by atoms with Gasteiger partial charge < -0.3 is 15.2 Å². The van der Waals surface area contributed by atoms with Gasteiger partial charge in [-0.1, -0.05) is 24.3 Å². The van der Waals surface area contributed by atoms with Crippen LogP contribution in [0.25, 0.3) is 11.1 Å². The Kier molecular flexibility index (Phi) is 6.11. The molecule has 5 rings (SSSR count). The molecule has 2 aromatic carbocycles. The molecule has 1 aliphatic heterocycles. The van der Waals surface area contributed by atoms with E-state index in [0.717, 1.165) is 55.0 Å². The molecule has 0 saturated carbocycles. The molecule has 0 bridgehead atoms. The second kappa shape index (κ2) is 9.33. The number of nitrogens with zero attached hydrogens (tertiary/aromatic N) is 2. The number of pyridine rings is 1.